The zero-order valence-corrected chi connectivity index (χ0v) is 16.5. The number of benzene rings is 2. The van der Waals surface area contributed by atoms with Crippen molar-refractivity contribution in [1.82, 2.24) is 8.96 Å². The van der Waals surface area contributed by atoms with Crippen molar-refractivity contribution < 1.29 is 17.9 Å². The van der Waals surface area contributed by atoms with E-state index >= 15 is 0 Å². The second kappa shape index (κ2) is 7.52. The van der Waals surface area contributed by atoms with Crippen LogP contribution in [-0.2, 0) is 14.8 Å². The molecule has 0 aliphatic rings. The van der Waals surface area contributed by atoms with Gasteiger partial charge in [0.15, 0.2) is 0 Å². The van der Waals surface area contributed by atoms with E-state index in [-0.39, 0.29) is 4.90 Å². The molecule has 7 heteroatoms. The molecule has 4 aromatic rings. The third kappa shape index (κ3) is 3.52. The lowest BCUT2D eigenvalue weighted by Crippen LogP contribution is -2.11. The Kier molecular flexibility index (Phi) is 4.90. The van der Waals surface area contributed by atoms with Crippen LogP contribution >= 0.6 is 0 Å². The van der Waals surface area contributed by atoms with Crippen LogP contribution in [0, 0.1) is 0 Å². The Morgan fingerprint density at radius 3 is 2.59 bits per heavy atom. The molecule has 0 saturated heterocycles. The third-order valence-corrected chi connectivity index (χ3v) is 6.23. The Bertz CT molecular complexity index is 1290. The maximum Gasteiger partial charge on any atom is 0.338 e. The van der Waals surface area contributed by atoms with Crippen LogP contribution in [-0.4, -0.2) is 30.0 Å². The summed E-state index contributed by atoms with van der Waals surface area (Å²) in [6, 6.07) is 18.7. The molecule has 29 heavy (non-hydrogen) atoms. The van der Waals surface area contributed by atoms with Crippen molar-refractivity contribution in [2.75, 3.05) is 6.61 Å². The summed E-state index contributed by atoms with van der Waals surface area (Å²) < 4.78 is 32.2. The number of carbonyl (C=O) groups is 1. The van der Waals surface area contributed by atoms with Gasteiger partial charge in [-0.15, -0.1) is 0 Å². The fraction of sp³-hybridized carbons (Fsp3) is 0.0909. The minimum absolute atomic E-state index is 0.227. The van der Waals surface area contributed by atoms with E-state index < -0.39 is 16.0 Å². The van der Waals surface area contributed by atoms with E-state index in [2.05, 4.69) is 4.98 Å². The first-order chi connectivity index (χ1) is 14.0. The number of carbonyl (C=O) groups excluding carboxylic acids is 1. The van der Waals surface area contributed by atoms with Gasteiger partial charge in [0.25, 0.3) is 10.0 Å². The molecule has 0 fully saturated rings. The number of nitrogens with zero attached hydrogens (tertiary/aromatic N) is 2. The van der Waals surface area contributed by atoms with E-state index in [0.29, 0.717) is 23.4 Å². The maximum atomic E-state index is 12.9. The van der Waals surface area contributed by atoms with Crippen LogP contribution in [0.2, 0.25) is 0 Å². The van der Waals surface area contributed by atoms with Gasteiger partial charge in [-0.2, -0.15) is 0 Å². The first kappa shape index (κ1) is 18.9. The fourth-order valence-corrected chi connectivity index (χ4v) is 4.50. The van der Waals surface area contributed by atoms with Gasteiger partial charge >= 0.3 is 5.97 Å². The number of rotatable bonds is 5. The molecule has 6 nitrogen and oxygen atoms in total. The predicted octanol–water partition coefficient (Wildman–Crippen LogP) is 4.12. The summed E-state index contributed by atoms with van der Waals surface area (Å²) in [5, 5.41) is 0.755. The summed E-state index contributed by atoms with van der Waals surface area (Å²) in [4.78, 5) is 16.5. The quantitative estimate of drug-likeness (QED) is 0.466. The molecule has 0 radical (unpaired) electrons. The molecule has 0 spiro atoms. The smallest absolute Gasteiger partial charge is 0.338 e. The van der Waals surface area contributed by atoms with Gasteiger partial charge in [0.2, 0.25) is 0 Å². The first-order valence-corrected chi connectivity index (χ1v) is 10.5. The van der Waals surface area contributed by atoms with Crippen LogP contribution in [0.1, 0.15) is 17.3 Å². The number of hydrogen-bond acceptors (Lipinski definition) is 5. The van der Waals surface area contributed by atoms with Gasteiger partial charge in [-0.25, -0.2) is 17.2 Å². The van der Waals surface area contributed by atoms with Gasteiger partial charge in [0.1, 0.15) is 0 Å². The third-order valence-electron chi connectivity index (χ3n) is 4.52. The minimum atomic E-state index is -3.68. The van der Waals surface area contributed by atoms with Crippen molar-refractivity contribution in [2.24, 2.45) is 0 Å². The monoisotopic (exact) mass is 406 g/mol. The van der Waals surface area contributed by atoms with Crippen LogP contribution in [0.4, 0.5) is 0 Å². The molecule has 146 valence electrons. The molecular weight excluding hydrogens is 388 g/mol. The molecule has 0 atom stereocenters. The van der Waals surface area contributed by atoms with Gasteiger partial charge in [0, 0.05) is 23.3 Å². The first-order valence-electron chi connectivity index (χ1n) is 9.06. The topological polar surface area (TPSA) is 78.3 Å². The number of esters is 1. The highest BCUT2D eigenvalue weighted by molar-refractivity contribution is 7.90. The number of hydrogen-bond donors (Lipinski definition) is 0. The number of pyridine rings is 1. The maximum absolute atomic E-state index is 12.9. The Morgan fingerprint density at radius 1 is 1.03 bits per heavy atom. The molecule has 0 N–H and O–H groups in total. The van der Waals surface area contributed by atoms with Crippen molar-refractivity contribution in [1.29, 1.82) is 0 Å². The van der Waals surface area contributed by atoms with Crippen LogP contribution in [0.15, 0.2) is 84.0 Å². The molecule has 4 rings (SSSR count). The molecule has 0 amide bonds. The van der Waals surface area contributed by atoms with Gasteiger partial charge < -0.3 is 4.74 Å². The Morgan fingerprint density at radius 2 is 1.83 bits per heavy atom. The Balaban J connectivity index is 1.75. The lowest BCUT2D eigenvalue weighted by Gasteiger charge is -2.08. The highest BCUT2D eigenvalue weighted by Gasteiger charge is 2.19. The highest BCUT2D eigenvalue weighted by Crippen LogP contribution is 2.27. The molecule has 2 heterocycles. The molecule has 0 aliphatic heterocycles. The van der Waals surface area contributed by atoms with Crippen molar-refractivity contribution in [2.45, 2.75) is 11.8 Å². The molecule has 0 aliphatic carbocycles. The van der Waals surface area contributed by atoms with E-state index in [4.69, 9.17) is 4.74 Å². The predicted molar refractivity (Wildman–Crippen MR) is 110 cm³/mol. The normalized spacial score (nSPS) is 11.5. The van der Waals surface area contributed by atoms with E-state index in [9.17, 15) is 13.2 Å². The summed E-state index contributed by atoms with van der Waals surface area (Å²) >= 11 is 0. The van der Waals surface area contributed by atoms with Crippen LogP contribution < -0.4 is 0 Å². The van der Waals surface area contributed by atoms with Crippen molar-refractivity contribution in [3.63, 3.8) is 0 Å². The molecule has 2 aromatic heterocycles. The fourth-order valence-electron chi connectivity index (χ4n) is 3.12. The molecule has 0 unspecified atom stereocenters. The summed E-state index contributed by atoms with van der Waals surface area (Å²) in [6.07, 6.45) is 3.09. The van der Waals surface area contributed by atoms with Crippen LogP contribution in [0.5, 0.6) is 0 Å². The van der Waals surface area contributed by atoms with E-state index in [0.717, 1.165) is 10.9 Å². The van der Waals surface area contributed by atoms with Crippen molar-refractivity contribution in [3.05, 3.63) is 84.7 Å². The average Bonchev–Trinajstić information content (AvgIpc) is 3.19. The van der Waals surface area contributed by atoms with Gasteiger partial charge in [0.05, 0.1) is 28.3 Å². The summed E-state index contributed by atoms with van der Waals surface area (Å²) in [7, 11) is -3.68. The van der Waals surface area contributed by atoms with Crippen LogP contribution in [0.25, 0.3) is 22.2 Å². The zero-order chi connectivity index (χ0) is 20.4. The zero-order valence-electron chi connectivity index (χ0n) is 15.6. The largest absolute Gasteiger partial charge is 0.462 e. The molecule has 2 aromatic carbocycles. The van der Waals surface area contributed by atoms with E-state index in [1.807, 2.05) is 6.07 Å². The molecule has 0 bridgehead atoms. The van der Waals surface area contributed by atoms with Gasteiger partial charge in [-0.1, -0.05) is 24.3 Å². The number of fused-ring (bicyclic) bond motifs is 1. The summed E-state index contributed by atoms with van der Waals surface area (Å²) in [5.41, 5.74) is 2.37. The second-order valence-electron chi connectivity index (χ2n) is 6.35. The van der Waals surface area contributed by atoms with Gasteiger partial charge in [-0.3, -0.25) is 4.98 Å². The highest BCUT2D eigenvalue weighted by atomic mass is 32.2. The van der Waals surface area contributed by atoms with Crippen molar-refractivity contribution in [3.8, 4) is 11.3 Å². The van der Waals surface area contributed by atoms with Crippen molar-refractivity contribution >= 4 is 26.9 Å². The lowest BCUT2D eigenvalue weighted by atomic mass is 10.1. The SMILES string of the molecule is CCOC(=O)c1ccnc(-c2ccc3c(ccn3S(=O)(=O)c3ccccc3)c2)c1. The standard InChI is InChI=1S/C22H18N2O4S/c1-2-28-22(25)18-10-12-23-20(15-18)16-8-9-21-17(14-16)11-13-24(21)29(26,27)19-6-4-3-5-7-19/h3-15H,2H2,1H3. The van der Waals surface area contributed by atoms with Crippen LogP contribution in [0.3, 0.4) is 0 Å². The summed E-state index contributed by atoms with van der Waals surface area (Å²) in [5.74, 6) is -0.405. The van der Waals surface area contributed by atoms with Gasteiger partial charge in [-0.05, 0) is 49.4 Å². The number of aromatic nitrogens is 2. The summed E-state index contributed by atoms with van der Waals surface area (Å²) in [6.45, 7) is 2.05. The minimum Gasteiger partial charge on any atom is -0.462 e. The average molecular weight is 406 g/mol. The Hall–Kier alpha value is -3.45. The van der Waals surface area contributed by atoms with E-state index in [1.165, 1.54) is 3.97 Å². The van der Waals surface area contributed by atoms with E-state index in [1.54, 1.807) is 80.0 Å². The Labute approximate surface area is 168 Å². The molecule has 0 saturated carbocycles. The number of ether oxygens (including phenoxy) is 1. The second-order valence-corrected chi connectivity index (χ2v) is 8.17. The molecular formula is C22H18N2O4S. The lowest BCUT2D eigenvalue weighted by molar-refractivity contribution is 0.0526.